The van der Waals surface area contributed by atoms with Crippen LogP contribution < -0.4 is 15.4 Å². The van der Waals surface area contributed by atoms with E-state index >= 15 is 0 Å². The predicted molar refractivity (Wildman–Crippen MR) is 131 cm³/mol. The molecular weight excluding hydrogens is 483 g/mol. The molecule has 2 aromatic carbocycles. The molecule has 0 fully saturated rings. The number of hydrogen-bond acceptors (Lipinski definition) is 9. The van der Waals surface area contributed by atoms with E-state index in [4.69, 9.17) is 18.9 Å². The Hall–Kier alpha value is -4.32. The van der Waals surface area contributed by atoms with Crippen molar-refractivity contribution in [2.24, 2.45) is 0 Å². The molecule has 2 aromatic heterocycles. The first-order valence-corrected chi connectivity index (χ1v) is 11.8. The number of benzene rings is 2. The lowest BCUT2D eigenvalue weighted by Crippen LogP contribution is -2.31. The van der Waals surface area contributed by atoms with Gasteiger partial charge in [-0.05, 0) is 48.9 Å². The van der Waals surface area contributed by atoms with Crippen molar-refractivity contribution in [3.63, 3.8) is 0 Å². The number of aromatic nitrogens is 4. The van der Waals surface area contributed by atoms with Gasteiger partial charge < -0.3 is 29.5 Å². The third-order valence-corrected chi connectivity index (χ3v) is 5.29. The molecule has 37 heavy (non-hydrogen) atoms. The molecule has 12 heteroatoms. The maximum absolute atomic E-state index is 14.5. The zero-order valence-electron chi connectivity index (χ0n) is 20.6. The maximum atomic E-state index is 14.5. The number of carbonyl (C=O) groups is 1. The third kappa shape index (κ3) is 6.28. The van der Waals surface area contributed by atoms with E-state index in [2.05, 4.69) is 30.9 Å². The summed E-state index contributed by atoms with van der Waals surface area (Å²) in [6, 6.07) is 10.8. The molecule has 4 rings (SSSR count). The van der Waals surface area contributed by atoms with Crippen LogP contribution >= 0.6 is 0 Å². The fraction of sp³-hybridized carbons (Fsp3) is 0.320. The van der Waals surface area contributed by atoms with Crippen molar-refractivity contribution < 1.29 is 28.1 Å². The molecule has 2 amide bonds. The highest BCUT2D eigenvalue weighted by Crippen LogP contribution is 2.29. The van der Waals surface area contributed by atoms with Crippen molar-refractivity contribution in [2.45, 2.75) is 39.2 Å². The van der Waals surface area contributed by atoms with Gasteiger partial charge in [0.05, 0.1) is 12.3 Å². The van der Waals surface area contributed by atoms with Gasteiger partial charge in [0.25, 0.3) is 5.89 Å². The number of amides is 2. The summed E-state index contributed by atoms with van der Waals surface area (Å²) >= 11 is 0. The van der Waals surface area contributed by atoms with Gasteiger partial charge in [-0.1, -0.05) is 31.1 Å². The fourth-order valence-electron chi connectivity index (χ4n) is 3.32. The van der Waals surface area contributed by atoms with Gasteiger partial charge in [-0.3, -0.25) is 0 Å². The summed E-state index contributed by atoms with van der Waals surface area (Å²) in [5.41, 5.74) is 1.14. The average Bonchev–Trinajstić information content (AvgIpc) is 3.58. The second-order valence-electron chi connectivity index (χ2n) is 8.41. The van der Waals surface area contributed by atoms with Crippen molar-refractivity contribution in [3.05, 3.63) is 60.1 Å². The van der Waals surface area contributed by atoms with Crippen LogP contribution in [0.5, 0.6) is 5.75 Å². The minimum Gasteiger partial charge on any atom is -0.481 e. The minimum absolute atomic E-state index is 0.0256. The van der Waals surface area contributed by atoms with Crippen molar-refractivity contribution in [3.8, 4) is 28.5 Å². The smallest absolute Gasteiger partial charge is 0.319 e. The number of aliphatic hydroxyl groups is 1. The Bertz CT molecular complexity index is 1340. The number of halogens is 1. The summed E-state index contributed by atoms with van der Waals surface area (Å²) in [5, 5.41) is 21.5. The van der Waals surface area contributed by atoms with Gasteiger partial charge in [0, 0.05) is 23.6 Å². The van der Waals surface area contributed by atoms with Crippen LogP contribution in [0.1, 0.15) is 51.0 Å². The SMILES string of the molecule is CCC(Oc1ccc(-c2noc(C(C)C)n2)cc1)c1nc(-c2ccc(NC(=O)NCCO)c(F)c2)no1. The quantitative estimate of drug-likeness (QED) is 0.276. The molecule has 3 N–H and O–H groups in total. The van der Waals surface area contributed by atoms with E-state index in [0.717, 1.165) is 5.56 Å². The van der Waals surface area contributed by atoms with Crippen LogP contribution in [-0.4, -0.2) is 44.6 Å². The van der Waals surface area contributed by atoms with Gasteiger partial charge in [-0.15, -0.1) is 0 Å². The molecule has 0 saturated carbocycles. The van der Waals surface area contributed by atoms with E-state index in [9.17, 15) is 9.18 Å². The fourth-order valence-corrected chi connectivity index (χ4v) is 3.32. The number of urea groups is 1. The number of rotatable bonds is 10. The number of aliphatic hydroxyl groups excluding tert-OH is 1. The van der Waals surface area contributed by atoms with Crippen LogP contribution in [0.15, 0.2) is 51.5 Å². The number of nitrogens with zero attached hydrogens (tertiary/aromatic N) is 4. The first-order valence-electron chi connectivity index (χ1n) is 11.8. The van der Waals surface area contributed by atoms with Crippen LogP contribution in [0.2, 0.25) is 0 Å². The number of hydrogen-bond donors (Lipinski definition) is 3. The van der Waals surface area contributed by atoms with Gasteiger partial charge in [-0.25, -0.2) is 9.18 Å². The Morgan fingerprint density at radius 1 is 1.03 bits per heavy atom. The third-order valence-electron chi connectivity index (χ3n) is 5.29. The van der Waals surface area contributed by atoms with Crippen molar-refractivity contribution in [2.75, 3.05) is 18.5 Å². The average molecular weight is 511 g/mol. The highest BCUT2D eigenvalue weighted by atomic mass is 19.1. The standard InChI is InChI=1S/C25H27FN6O5/c1-4-20(35-17-8-5-15(6-9-17)21-29-23(14(2)3)36-31-21)24-30-22(32-37-24)16-7-10-19(18(26)13-16)28-25(34)27-11-12-33/h5-10,13-14,20,33H,4,11-12H2,1-3H3,(H2,27,28,34). The number of nitrogens with one attached hydrogen (secondary N) is 2. The highest BCUT2D eigenvalue weighted by molar-refractivity contribution is 5.89. The molecule has 0 aliphatic carbocycles. The molecule has 1 unspecified atom stereocenters. The molecule has 194 valence electrons. The number of carbonyl (C=O) groups excluding carboxylic acids is 1. The zero-order valence-corrected chi connectivity index (χ0v) is 20.6. The lowest BCUT2D eigenvalue weighted by atomic mass is 10.2. The lowest BCUT2D eigenvalue weighted by Gasteiger charge is -2.13. The van der Waals surface area contributed by atoms with Crippen LogP contribution in [0.25, 0.3) is 22.8 Å². The number of anilines is 1. The first-order chi connectivity index (χ1) is 17.9. The Morgan fingerprint density at radius 2 is 1.68 bits per heavy atom. The van der Waals surface area contributed by atoms with Crippen LogP contribution in [-0.2, 0) is 0 Å². The second kappa shape index (κ2) is 11.6. The van der Waals surface area contributed by atoms with E-state index in [1.54, 1.807) is 18.2 Å². The number of ether oxygens (including phenoxy) is 1. The highest BCUT2D eigenvalue weighted by Gasteiger charge is 2.21. The van der Waals surface area contributed by atoms with Crippen molar-refractivity contribution in [1.29, 1.82) is 0 Å². The zero-order chi connectivity index (χ0) is 26.4. The van der Waals surface area contributed by atoms with Crippen LogP contribution in [0, 0.1) is 5.82 Å². The van der Waals surface area contributed by atoms with E-state index in [1.807, 2.05) is 32.9 Å². The van der Waals surface area contributed by atoms with Gasteiger partial charge in [0.15, 0.2) is 6.10 Å². The first kappa shape index (κ1) is 25.8. The van der Waals surface area contributed by atoms with E-state index < -0.39 is 18.0 Å². The Labute approximate surface area is 212 Å². The molecule has 0 radical (unpaired) electrons. The maximum Gasteiger partial charge on any atom is 0.319 e. The molecule has 0 spiro atoms. The summed E-state index contributed by atoms with van der Waals surface area (Å²) in [5.74, 6) is 1.56. The Balaban J connectivity index is 1.43. The summed E-state index contributed by atoms with van der Waals surface area (Å²) in [6.45, 7) is 5.71. The molecule has 0 saturated heterocycles. The van der Waals surface area contributed by atoms with E-state index in [0.29, 0.717) is 29.4 Å². The lowest BCUT2D eigenvalue weighted by molar-refractivity contribution is 0.154. The molecule has 2 heterocycles. The molecule has 0 aliphatic rings. The topological polar surface area (TPSA) is 148 Å². The molecule has 4 aromatic rings. The molecular formula is C25H27FN6O5. The largest absolute Gasteiger partial charge is 0.481 e. The van der Waals surface area contributed by atoms with Gasteiger partial charge in [0.1, 0.15) is 11.6 Å². The normalized spacial score (nSPS) is 11.9. The van der Waals surface area contributed by atoms with Crippen molar-refractivity contribution in [1.82, 2.24) is 25.6 Å². The van der Waals surface area contributed by atoms with Gasteiger partial charge in [0.2, 0.25) is 17.5 Å². The Kier molecular flexibility index (Phi) is 8.08. The molecule has 11 nitrogen and oxygen atoms in total. The minimum atomic E-state index is -0.673. The Morgan fingerprint density at radius 3 is 2.30 bits per heavy atom. The van der Waals surface area contributed by atoms with Gasteiger partial charge in [-0.2, -0.15) is 9.97 Å². The molecule has 0 bridgehead atoms. The monoisotopic (exact) mass is 510 g/mol. The van der Waals surface area contributed by atoms with Crippen molar-refractivity contribution >= 4 is 11.7 Å². The summed E-state index contributed by atoms with van der Waals surface area (Å²) in [7, 11) is 0. The summed E-state index contributed by atoms with van der Waals surface area (Å²) in [6.07, 6.45) is 0.0254. The summed E-state index contributed by atoms with van der Waals surface area (Å²) < 4.78 is 31.2. The summed E-state index contributed by atoms with van der Waals surface area (Å²) in [4.78, 5) is 20.5. The van der Waals surface area contributed by atoms with Gasteiger partial charge >= 0.3 is 6.03 Å². The molecule has 0 aliphatic heterocycles. The van der Waals surface area contributed by atoms with Crippen LogP contribution in [0.3, 0.4) is 0 Å². The van der Waals surface area contributed by atoms with E-state index in [1.165, 1.54) is 12.1 Å². The van der Waals surface area contributed by atoms with E-state index in [-0.39, 0.29) is 36.5 Å². The predicted octanol–water partition coefficient (Wildman–Crippen LogP) is 4.69. The van der Waals surface area contributed by atoms with Crippen LogP contribution in [0.4, 0.5) is 14.9 Å². The second-order valence-corrected chi connectivity index (χ2v) is 8.41. The molecule has 1 atom stereocenters.